The average Bonchev–Trinajstić information content (AvgIpc) is 3.38. The Hall–Kier alpha value is -3.20. The van der Waals surface area contributed by atoms with Gasteiger partial charge in [-0.2, -0.15) is 0 Å². The summed E-state index contributed by atoms with van der Waals surface area (Å²) in [5.41, 5.74) is 1.94. The topological polar surface area (TPSA) is 81.4 Å². The van der Waals surface area contributed by atoms with Crippen LogP contribution in [0.25, 0.3) is 22.4 Å². The van der Waals surface area contributed by atoms with Crippen molar-refractivity contribution in [2.75, 3.05) is 11.9 Å². The highest BCUT2D eigenvalue weighted by atomic mass is 35.5. The Morgan fingerprint density at radius 1 is 1.12 bits per heavy atom. The zero-order valence-corrected chi connectivity index (χ0v) is 20.3. The number of esters is 1. The SMILES string of the molecule is CCOC(=O)c1c(-c2ccc(F)cc2)csc1NC(=O)c1c(-c2c(Cl)cccc2Cl)noc1C. The van der Waals surface area contributed by atoms with Gasteiger partial charge in [-0.1, -0.05) is 46.6 Å². The number of ether oxygens (including phenoxy) is 1. The van der Waals surface area contributed by atoms with Crippen molar-refractivity contribution in [1.29, 1.82) is 0 Å². The maximum atomic E-state index is 13.4. The number of amides is 1. The van der Waals surface area contributed by atoms with Gasteiger partial charge in [-0.25, -0.2) is 9.18 Å². The van der Waals surface area contributed by atoms with Gasteiger partial charge in [-0.05, 0) is 43.7 Å². The van der Waals surface area contributed by atoms with Crippen molar-refractivity contribution in [1.82, 2.24) is 5.16 Å². The Bertz CT molecular complexity index is 1360. The lowest BCUT2D eigenvalue weighted by Gasteiger charge is -2.10. The molecule has 6 nitrogen and oxygen atoms in total. The van der Waals surface area contributed by atoms with Crippen LogP contribution in [0.5, 0.6) is 0 Å². The fourth-order valence-corrected chi connectivity index (χ4v) is 4.93. The summed E-state index contributed by atoms with van der Waals surface area (Å²) in [4.78, 5) is 26.1. The lowest BCUT2D eigenvalue weighted by molar-refractivity contribution is 0.0529. The number of hydrogen-bond donors (Lipinski definition) is 1. The second kappa shape index (κ2) is 9.97. The van der Waals surface area contributed by atoms with E-state index in [2.05, 4.69) is 10.5 Å². The zero-order chi connectivity index (χ0) is 24.4. The molecule has 2 aromatic heterocycles. The molecule has 1 amide bonds. The minimum Gasteiger partial charge on any atom is -0.462 e. The second-order valence-corrected chi connectivity index (χ2v) is 8.79. The Kier molecular flexibility index (Phi) is 7.02. The predicted octanol–water partition coefficient (Wildman–Crippen LogP) is 7.25. The van der Waals surface area contributed by atoms with Crippen LogP contribution in [-0.2, 0) is 4.74 Å². The van der Waals surface area contributed by atoms with E-state index < -0.39 is 17.7 Å². The normalized spacial score (nSPS) is 10.9. The molecule has 4 rings (SSSR count). The van der Waals surface area contributed by atoms with Crippen LogP contribution in [0, 0.1) is 12.7 Å². The van der Waals surface area contributed by atoms with Gasteiger partial charge < -0.3 is 14.6 Å². The van der Waals surface area contributed by atoms with E-state index in [0.717, 1.165) is 11.3 Å². The third-order valence-electron chi connectivity index (χ3n) is 4.94. The fourth-order valence-electron chi connectivity index (χ4n) is 3.40. The number of carbonyl (C=O) groups is 2. The first-order chi connectivity index (χ1) is 16.3. The van der Waals surface area contributed by atoms with Crippen molar-refractivity contribution in [3.05, 3.63) is 80.6 Å². The molecule has 1 N–H and O–H groups in total. The van der Waals surface area contributed by atoms with Gasteiger partial charge in [0.2, 0.25) is 0 Å². The first-order valence-corrected chi connectivity index (χ1v) is 11.7. The van der Waals surface area contributed by atoms with Crippen LogP contribution < -0.4 is 5.32 Å². The number of nitrogens with one attached hydrogen (secondary N) is 1. The van der Waals surface area contributed by atoms with E-state index in [0.29, 0.717) is 26.7 Å². The van der Waals surface area contributed by atoms with E-state index in [4.69, 9.17) is 32.5 Å². The molecular formula is C24H17Cl2FN2O4S. The number of carbonyl (C=O) groups excluding carboxylic acids is 2. The van der Waals surface area contributed by atoms with E-state index >= 15 is 0 Å². The maximum absolute atomic E-state index is 13.4. The Labute approximate surface area is 208 Å². The molecule has 10 heteroatoms. The standard InChI is InChI=1S/C24H17Cl2FN2O4S/c1-3-32-24(31)19-15(13-7-9-14(27)10-8-13)11-34-23(19)28-22(30)18-12(2)33-29-21(18)20-16(25)5-4-6-17(20)26/h4-11H,3H2,1-2H3,(H,28,30). The van der Waals surface area contributed by atoms with Crippen molar-refractivity contribution < 1.29 is 23.2 Å². The molecular weight excluding hydrogens is 502 g/mol. The molecule has 0 fully saturated rings. The third kappa shape index (κ3) is 4.57. The molecule has 0 aliphatic rings. The number of aryl methyl sites for hydroxylation is 1. The molecule has 0 spiro atoms. The summed E-state index contributed by atoms with van der Waals surface area (Å²) >= 11 is 13.8. The van der Waals surface area contributed by atoms with Crippen molar-refractivity contribution in [3.8, 4) is 22.4 Å². The lowest BCUT2D eigenvalue weighted by atomic mass is 10.0. The number of rotatable bonds is 6. The molecule has 174 valence electrons. The van der Waals surface area contributed by atoms with Gasteiger partial charge in [0.15, 0.2) is 0 Å². The Morgan fingerprint density at radius 3 is 2.44 bits per heavy atom. The summed E-state index contributed by atoms with van der Waals surface area (Å²) in [6.45, 7) is 3.41. The van der Waals surface area contributed by atoms with Crippen molar-refractivity contribution in [2.24, 2.45) is 0 Å². The summed E-state index contributed by atoms with van der Waals surface area (Å²) in [7, 11) is 0. The fraction of sp³-hybridized carbons (Fsp3) is 0.125. The minimum absolute atomic E-state index is 0.126. The van der Waals surface area contributed by atoms with Crippen LogP contribution in [0.4, 0.5) is 9.39 Å². The second-order valence-electron chi connectivity index (χ2n) is 7.09. The molecule has 4 aromatic rings. The Morgan fingerprint density at radius 2 is 1.79 bits per heavy atom. The van der Waals surface area contributed by atoms with Gasteiger partial charge >= 0.3 is 5.97 Å². The zero-order valence-electron chi connectivity index (χ0n) is 17.9. The van der Waals surface area contributed by atoms with Crippen LogP contribution in [0.1, 0.15) is 33.4 Å². The van der Waals surface area contributed by atoms with Gasteiger partial charge in [0.1, 0.15) is 33.4 Å². The largest absolute Gasteiger partial charge is 0.462 e. The number of anilines is 1. The third-order valence-corrected chi connectivity index (χ3v) is 6.47. The molecule has 0 saturated carbocycles. The van der Waals surface area contributed by atoms with Crippen LogP contribution in [0.3, 0.4) is 0 Å². The van der Waals surface area contributed by atoms with Gasteiger partial charge in [0.25, 0.3) is 5.91 Å². The molecule has 0 aliphatic carbocycles. The number of benzene rings is 2. The molecule has 2 heterocycles. The summed E-state index contributed by atoms with van der Waals surface area (Å²) in [6.07, 6.45) is 0. The van der Waals surface area contributed by atoms with E-state index in [1.54, 1.807) is 49.6 Å². The smallest absolute Gasteiger partial charge is 0.341 e. The van der Waals surface area contributed by atoms with Crippen molar-refractivity contribution in [3.63, 3.8) is 0 Å². The van der Waals surface area contributed by atoms with Crippen LogP contribution >= 0.6 is 34.5 Å². The molecule has 2 aromatic carbocycles. The average molecular weight is 519 g/mol. The monoisotopic (exact) mass is 518 g/mol. The minimum atomic E-state index is -0.616. The van der Waals surface area contributed by atoms with Crippen molar-refractivity contribution >= 4 is 51.4 Å². The Balaban J connectivity index is 1.76. The number of thiophene rings is 1. The van der Waals surface area contributed by atoms with Gasteiger partial charge in [0.05, 0.1) is 16.7 Å². The van der Waals surface area contributed by atoms with Crippen LogP contribution in [-0.4, -0.2) is 23.6 Å². The first-order valence-electron chi connectivity index (χ1n) is 10.1. The molecule has 0 bridgehead atoms. The molecule has 34 heavy (non-hydrogen) atoms. The summed E-state index contributed by atoms with van der Waals surface area (Å²) in [5.74, 6) is -1.34. The van der Waals surface area contributed by atoms with E-state index in [-0.39, 0.29) is 34.2 Å². The van der Waals surface area contributed by atoms with Crippen molar-refractivity contribution in [2.45, 2.75) is 13.8 Å². The van der Waals surface area contributed by atoms with Crippen LogP contribution in [0.2, 0.25) is 10.0 Å². The molecule has 0 aliphatic heterocycles. The number of aromatic nitrogens is 1. The first kappa shape index (κ1) is 23.9. The van der Waals surface area contributed by atoms with E-state index in [1.165, 1.54) is 12.1 Å². The quantitative estimate of drug-likeness (QED) is 0.271. The molecule has 0 radical (unpaired) electrons. The van der Waals surface area contributed by atoms with Crippen LogP contribution in [0.15, 0.2) is 52.4 Å². The summed E-state index contributed by atoms with van der Waals surface area (Å²) < 4.78 is 23.9. The van der Waals surface area contributed by atoms with E-state index in [9.17, 15) is 14.0 Å². The number of halogens is 3. The molecule has 0 saturated heterocycles. The summed E-state index contributed by atoms with van der Waals surface area (Å²) in [6, 6.07) is 10.6. The maximum Gasteiger partial charge on any atom is 0.341 e. The molecule has 0 atom stereocenters. The van der Waals surface area contributed by atoms with E-state index in [1.807, 2.05) is 0 Å². The summed E-state index contributed by atoms with van der Waals surface area (Å²) in [5, 5.41) is 9.32. The highest BCUT2D eigenvalue weighted by molar-refractivity contribution is 7.15. The predicted molar refractivity (Wildman–Crippen MR) is 130 cm³/mol. The number of nitrogens with zero attached hydrogens (tertiary/aromatic N) is 1. The van der Waals surface area contributed by atoms with Gasteiger partial charge in [-0.3, -0.25) is 4.79 Å². The number of hydrogen-bond acceptors (Lipinski definition) is 6. The highest BCUT2D eigenvalue weighted by Crippen LogP contribution is 2.39. The van der Waals surface area contributed by atoms with Gasteiger partial charge in [-0.15, -0.1) is 11.3 Å². The highest BCUT2D eigenvalue weighted by Gasteiger charge is 2.28. The van der Waals surface area contributed by atoms with Gasteiger partial charge in [0, 0.05) is 16.5 Å². The molecule has 0 unspecified atom stereocenters. The lowest BCUT2D eigenvalue weighted by Crippen LogP contribution is -2.16.